The minimum Gasteiger partial charge on any atom is -0.481 e. The fourth-order valence-electron chi connectivity index (χ4n) is 6.81. The Morgan fingerprint density at radius 2 is 1.05 bits per heavy atom. The van der Waals surface area contributed by atoms with E-state index in [0.29, 0.717) is 5.92 Å². The van der Waals surface area contributed by atoms with Gasteiger partial charge in [0.05, 0.1) is 5.41 Å². The van der Waals surface area contributed by atoms with Crippen LogP contribution in [-0.4, -0.2) is 11.1 Å². The van der Waals surface area contributed by atoms with Crippen molar-refractivity contribution in [1.29, 1.82) is 0 Å². The molecule has 0 spiro atoms. The van der Waals surface area contributed by atoms with Crippen LogP contribution >= 0.6 is 0 Å². The van der Waals surface area contributed by atoms with Gasteiger partial charge in [0, 0.05) is 0 Å². The Morgan fingerprint density at radius 1 is 0.619 bits per heavy atom. The van der Waals surface area contributed by atoms with E-state index in [9.17, 15) is 9.90 Å². The van der Waals surface area contributed by atoms with Crippen molar-refractivity contribution in [2.24, 2.45) is 5.41 Å². The number of benzene rings is 1. The maximum Gasteiger partial charge on any atom is 0.309 e. The summed E-state index contributed by atoms with van der Waals surface area (Å²) in [4.78, 5) is 12.7. The third-order valence-corrected chi connectivity index (χ3v) is 9.75. The molecule has 0 saturated heterocycles. The molecule has 0 radical (unpaired) electrons. The minimum atomic E-state index is -0.639. The van der Waals surface area contributed by atoms with E-state index in [1.807, 2.05) is 6.92 Å². The summed E-state index contributed by atoms with van der Waals surface area (Å²) in [7, 11) is 0. The molecule has 2 unspecified atom stereocenters. The van der Waals surface area contributed by atoms with Crippen molar-refractivity contribution < 1.29 is 9.90 Å². The summed E-state index contributed by atoms with van der Waals surface area (Å²) in [5, 5.41) is 10.5. The molecule has 244 valence electrons. The number of carboxylic acids is 1. The molecule has 0 aromatic heterocycles. The summed E-state index contributed by atoms with van der Waals surface area (Å²) in [5.74, 6) is -0.240. The van der Waals surface area contributed by atoms with Crippen molar-refractivity contribution in [3.8, 4) is 0 Å². The molecule has 0 heterocycles. The van der Waals surface area contributed by atoms with Gasteiger partial charge >= 0.3 is 5.97 Å². The molecule has 42 heavy (non-hydrogen) atoms. The van der Waals surface area contributed by atoms with Crippen LogP contribution < -0.4 is 0 Å². The number of carbonyl (C=O) groups is 1. The van der Waals surface area contributed by atoms with Gasteiger partial charge in [-0.1, -0.05) is 186 Å². The highest BCUT2D eigenvalue weighted by atomic mass is 16.4. The van der Waals surface area contributed by atoms with Gasteiger partial charge in [-0.25, -0.2) is 0 Å². The van der Waals surface area contributed by atoms with Crippen molar-refractivity contribution in [2.45, 2.75) is 207 Å². The van der Waals surface area contributed by atoms with Crippen molar-refractivity contribution in [3.63, 3.8) is 0 Å². The number of hydrogen-bond acceptors (Lipinski definition) is 1. The van der Waals surface area contributed by atoms with Crippen LogP contribution in [0.15, 0.2) is 24.3 Å². The van der Waals surface area contributed by atoms with Gasteiger partial charge in [0.15, 0.2) is 0 Å². The van der Waals surface area contributed by atoms with Crippen LogP contribution in [-0.2, 0) is 11.2 Å². The minimum absolute atomic E-state index is 0.348. The van der Waals surface area contributed by atoms with E-state index in [2.05, 4.69) is 45.0 Å². The Kier molecular flexibility index (Phi) is 24.1. The molecule has 0 aliphatic carbocycles. The molecule has 1 aromatic rings. The van der Waals surface area contributed by atoms with Crippen LogP contribution in [0.2, 0.25) is 0 Å². The average Bonchev–Trinajstić information content (AvgIpc) is 2.99. The normalized spacial score (nSPS) is 13.7. The number of hydrogen-bond donors (Lipinski definition) is 1. The summed E-state index contributed by atoms with van der Waals surface area (Å²) in [5.41, 5.74) is 2.27. The third-order valence-electron chi connectivity index (χ3n) is 9.75. The molecule has 0 bridgehead atoms. The number of aliphatic carboxylic acids is 1. The molecule has 1 N–H and O–H groups in total. The maximum atomic E-state index is 12.7. The van der Waals surface area contributed by atoms with E-state index < -0.39 is 11.4 Å². The number of aryl methyl sites for hydroxylation is 1. The molecule has 2 nitrogen and oxygen atoms in total. The second-order valence-electron chi connectivity index (χ2n) is 13.8. The van der Waals surface area contributed by atoms with E-state index in [1.165, 1.54) is 152 Å². The molecule has 0 amide bonds. The van der Waals surface area contributed by atoms with Crippen LogP contribution in [0.1, 0.15) is 212 Å². The summed E-state index contributed by atoms with van der Waals surface area (Å²) in [6.07, 6.45) is 34.0. The molecule has 2 atom stereocenters. The van der Waals surface area contributed by atoms with Gasteiger partial charge in [-0.15, -0.1) is 0 Å². The monoisotopic (exact) mass is 585 g/mol. The zero-order valence-corrected chi connectivity index (χ0v) is 28.8. The third kappa shape index (κ3) is 18.4. The Morgan fingerprint density at radius 3 is 1.55 bits per heavy atom. The number of rotatable bonds is 30. The number of carboxylic acid groups (broad SMARTS) is 1. The van der Waals surface area contributed by atoms with E-state index in [1.54, 1.807) is 0 Å². The smallest absolute Gasteiger partial charge is 0.309 e. The first-order valence-corrected chi connectivity index (χ1v) is 18.8. The zero-order valence-electron chi connectivity index (χ0n) is 28.8. The van der Waals surface area contributed by atoms with Crippen molar-refractivity contribution in [1.82, 2.24) is 0 Å². The Hall–Kier alpha value is -1.31. The van der Waals surface area contributed by atoms with Gasteiger partial charge in [-0.05, 0) is 56.1 Å². The van der Waals surface area contributed by atoms with E-state index in [-0.39, 0.29) is 0 Å². The first-order chi connectivity index (χ1) is 20.5. The van der Waals surface area contributed by atoms with Gasteiger partial charge in [0.2, 0.25) is 0 Å². The predicted molar refractivity (Wildman–Crippen MR) is 186 cm³/mol. The summed E-state index contributed by atoms with van der Waals surface area (Å²) in [6, 6.07) is 9.01. The largest absolute Gasteiger partial charge is 0.481 e. The van der Waals surface area contributed by atoms with Crippen LogP contribution in [0.25, 0.3) is 0 Å². The van der Waals surface area contributed by atoms with Crippen LogP contribution in [0.3, 0.4) is 0 Å². The summed E-state index contributed by atoms with van der Waals surface area (Å²) < 4.78 is 0. The lowest BCUT2D eigenvalue weighted by Gasteiger charge is -2.31. The maximum absolute atomic E-state index is 12.7. The molecule has 0 saturated carbocycles. The van der Waals surface area contributed by atoms with E-state index in [0.717, 1.165) is 32.1 Å². The molecule has 1 aromatic carbocycles. The highest BCUT2D eigenvalue weighted by Crippen LogP contribution is 2.40. The fraction of sp³-hybridized carbons (Fsp3) is 0.825. The highest BCUT2D eigenvalue weighted by molar-refractivity contribution is 5.74. The van der Waals surface area contributed by atoms with Gasteiger partial charge in [0.1, 0.15) is 0 Å². The second kappa shape index (κ2) is 26.1. The lowest BCUT2D eigenvalue weighted by atomic mass is 9.72. The molecule has 0 aliphatic rings. The van der Waals surface area contributed by atoms with Crippen molar-refractivity contribution >= 4 is 5.97 Å². The van der Waals surface area contributed by atoms with Crippen LogP contribution in [0.4, 0.5) is 0 Å². The summed E-state index contributed by atoms with van der Waals surface area (Å²) in [6.45, 7) is 8.88. The SMILES string of the molecule is CCCCCCCCCCCCC(CC(C)(CCCCCCCCCCCC)C(=O)O)c1ccccc1CCCCC. The average molecular weight is 585 g/mol. The molecule has 1 rings (SSSR count). The molecule has 2 heteroatoms. The quantitative estimate of drug-likeness (QED) is 0.0913. The van der Waals surface area contributed by atoms with Crippen LogP contribution in [0.5, 0.6) is 0 Å². The van der Waals surface area contributed by atoms with E-state index >= 15 is 0 Å². The molecule has 0 aliphatic heterocycles. The Labute approximate surface area is 263 Å². The summed E-state index contributed by atoms with van der Waals surface area (Å²) >= 11 is 0. The predicted octanol–water partition coefficient (Wildman–Crippen LogP) is 13.6. The lowest BCUT2D eigenvalue weighted by Crippen LogP contribution is -2.30. The van der Waals surface area contributed by atoms with Gasteiger partial charge in [-0.3, -0.25) is 4.79 Å². The molecule has 0 fully saturated rings. The fourth-order valence-corrected chi connectivity index (χ4v) is 6.81. The standard InChI is InChI=1S/C40H72O2/c1-5-8-11-13-15-17-19-21-23-26-32-37(38-33-28-27-31-36(38)30-25-10-7-3)35-40(4,39(41)42)34-29-24-22-20-18-16-14-12-9-6-2/h27-28,31,33,37H,5-26,29-30,32,34-35H2,1-4H3,(H,41,42). The Balaban J connectivity index is 2.70. The topological polar surface area (TPSA) is 37.3 Å². The van der Waals surface area contributed by atoms with Gasteiger partial charge in [-0.2, -0.15) is 0 Å². The molecular weight excluding hydrogens is 512 g/mol. The lowest BCUT2D eigenvalue weighted by molar-refractivity contribution is -0.149. The molecular formula is C40H72O2. The van der Waals surface area contributed by atoms with Gasteiger partial charge < -0.3 is 5.11 Å². The highest BCUT2D eigenvalue weighted by Gasteiger charge is 2.36. The number of unbranched alkanes of at least 4 members (excludes halogenated alkanes) is 20. The van der Waals surface area contributed by atoms with Crippen molar-refractivity contribution in [3.05, 3.63) is 35.4 Å². The first kappa shape index (κ1) is 38.7. The van der Waals surface area contributed by atoms with Gasteiger partial charge in [0.25, 0.3) is 0 Å². The van der Waals surface area contributed by atoms with Crippen LogP contribution in [0, 0.1) is 5.41 Å². The zero-order chi connectivity index (χ0) is 30.7. The van der Waals surface area contributed by atoms with E-state index in [4.69, 9.17) is 0 Å². The Bertz CT molecular complexity index is 756. The second-order valence-corrected chi connectivity index (χ2v) is 13.8. The first-order valence-electron chi connectivity index (χ1n) is 18.8. The van der Waals surface area contributed by atoms with Crippen molar-refractivity contribution in [2.75, 3.05) is 0 Å².